The fourth-order valence-electron chi connectivity index (χ4n) is 2.48. The van der Waals surface area contributed by atoms with Gasteiger partial charge in [0.15, 0.2) is 0 Å². The van der Waals surface area contributed by atoms with Crippen molar-refractivity contribution < 1.29 is 0 Å². The number of aromatic nitrogens is 1. The summed E-state index contributed by atoms with van der Waals surface area (Å²) in [6.07, 6.45) is 3.35. The third-order valence-electron chi connectivity index (χ3n) is 3.69. The quantitative estimate of drug-likeness (QED) is 0.868. The second-order valence-electron chi connectivity index (χ2n) is 5.56. The number of likely N-dealkylation sites (N-methyl/N-ethyl adjacent to an activating group) is 1. The molecule has 0 saturated heterocycles. The average Bonchev–Trinajstić information content (AvgIpc) is 2.67. The topological polar surface area (TPSA) is 17.0 Å². The number of nitrogens with one attached hydrogen (secondary N) is 1. The molecule has 0 amide bonds. The fourth-order valence-corrected chi connectivity index (χ4v) is 2.48. The van der Waals surface area contributed by atoms with Crippen LogP contribution in [0.25, 0.3) is 10.9 Å². The van der Waals surface area contributed by atoms with Crippen LogP contribution >= 0.6 is 0 Å². The number of hydrogen-bond donors (Lipinski definition) is 1. The summed E-state index contributed by atoms with van der Waals surface area (Å²) in [6.45, 7) is 8.88. The number of hydrogen-bond acceptors (Lipinski definition) is 1. The van der Waals surface area contributed by atoms with Gasteiger partial charge in [-0.3, -0.25) is 0 Å². The van der Waals surface area contributed by atoms with Gasteiger partial charge in [0.1, 0.15) is 0 Å². The average molecular weight is 244 g/mol. The first-order valence-corrected chi connectivity index (χ1v) is 6.80. The Balaban J connectivity index is 2.43. The predicted octanol–water partition coefficient (Wildman–Crippen LogP) is 3.68. The van der Waals surface area contributed by atoms with Gasteiger partial charge in [0, 0.05) is 29.2 Å². The first-order chi connectivity index (χ1) is 8.52. The van der Waals surface area contributed by atoms with Crippen LogP contribution in [0.1, 0.15) is 37.9 Å². The Hall–Kier alpha value is -1.28. The van der Waals surface area contributed by atoms with Gasteiger partial charge in [-0.2, -0.15) is 0 Å². The normalized spacial score (nSPS) is 13.4. The minimum absolute atomic E-state index is 0.517. The van der Waals surface area contributed by atoms with Gasteiger partial charge in [-0.1, -0.05) is 6.07 Å². The van der Waals surface area contributed by atoms with E-state index in [2.05, 4.69) is 62.0 Å². The molecule has 0 aliphatic carbocycles. The predicted molar refractivity (Wildman–Crippen MR) is 79.3 cm³/mol. The van der Waals surface area contributed by atoms with Gasteiger partial charge in [0.25, 0.3) is 0 Å². The largest absolute Gasteiger partial charge is 0.345 e. The number of nitrogens with zero attached hydrogens (tertiary/aromatic N) is 1. The van der Waals surface area contributed by atoms with Crippen LogP contribution in [0.5, 0.6) is 0 Å². The van der Waals surface area contributed by atoms with Crippen LogP contribution in [0, 0.1) is 6.92 Å². The molecule has 0 saturated carbocycles. The summed E-state index contributed by atoms with van der Waals surface area (Å²) in [6, 6.07) is 7.91. The molecule has 1 aromatic carbocycles. The van der Waals surface area contributed by atoms with E-state index in [4.69, 9.17) is 0 Å². The summed E-state index contributed by atoms with van der Waals surface area (Å²) in [4.78, 5) is 0. The van der Waals surface area contributed by atoms with Crippen molar-refractivity contribution in [2.45, 2.75) is 46.2 Å². The third kappa shape index (κ3) is 2.44. The lowest BCUT2D eigenvalue weighted by Crippen LogP contribution is -2.23. The summed E-state index contributed by atoms with van der Waals surface area (Å²) < 4.78 is 2.36. The molecule has 0 radical (unpaired) electrons. The SMILES string of the molecule is CNC(C)Cc1ccc2c(c1)c(C)cn2C(C)C. The molecule has 2 heteroatoms. The van der Waals surface area contributed by atoms with E-state index in [0.717, 1.165) is 6.42 Å². The molecule has 2 aromatic rings. The Morgan fingerprint density at radius 3 is 2.56 bits per heavy atom. The molecule has 0 aliphatic rings. The Labute approximate surface area is 110 Å². The number of rotatable bonds is 4. The van der Waals surface area contributed by atoms with E-state index >= 15 is 0 Å². The third-order valence-corrected chi connectivity index (χ3v) is 3.69. The van der Waals surface area contributed by atoms with Crippen LogP contribution in [0.15, 0.2) is 24.4 Å². The van der Waals surface area contributed by atoms with Crippen LogP contribution in [-0.2, 0) is 6.42 Å². The Kier molecular flexibility index (Phi) is 3.76. The summed E-state index contributed by atoms with van der Waals surface area (Å²) in [7, 11) is 2.02. The molecule has 98 valence electrons. The zero-order valence-corrected chi connectivity index (χ0v) is 12.1. The van der Waals surface area contributed by atoms with E-state index in [1.165, 1.54) is 22.0 Å². The molecule has 18 heavy (non-hydrogen) atoms. The Bertz CT molecular complexity index is 537. The van der Waals surface area contributed by atoms with E-state index in [-0.39, 0.29) is 0 Å². The van der Waals surface area contributed by atoms with Crippen molar-refractivity contribution in [2.24, 2.45) is 0 Å². The van der Waals surface area contributed by atoms with E-state index in [9.17, 15) is 0 Å². The number of fused-ring (bicyclic) bond motifs is 1. The highest BCUT2D eigenvalue weighted by Crippen LogP contribution is 2.25. The lowest BCUT2D eigenvalue weighted by Gasteiger charge is -2.12. The van der Waals surface area contributed by atoms with Crippen LogP contribution < -0.4 is 5.32 Å². The van der Waals surface area contributed by atoms with Crippen molar-refractivity contribution in [3.8, 4) is 0 Å². The molecule has 1 heterocycles. The molecule has 1 aromatic heterocycles. The summed E-state index contributed by atoms with van der Waals surface area (Å²) >= 11 is 0. The van der Waals surface area contributed by atoms with Gasteiger partial charge >= 0.3 is 0 Å². The molecular formula is C16H24N2. The highest BCUT2D eigenvalue weighted by Gasteiger charge is 2.09. The Morgan fingerprint density at radius 1 is 1.22 bits per heavy atom. The van der Waals surface area contributed by atoms with Crippen molar-refractivity contribution in [3.05, 3.63) is 35.5 Å². The molecule has 2 nitrogen and oxygen atoms in total. The second-order valence-corrected chi connectivity index (χ2v) is 5.56. The molecule has 1 N–H and O–H groups in total. The minimum atomic E-state index is 0.517. The van der Waals surface area contributed by atoms with Gasteiger partial charge in [-0.05, 0) is 64.4 Å². The maximum absolute atomic E-state index is 3.29. The van der Waals surface area contributed by atoms with Gasteiger partial charge in [-0.15, -0.1) is 0 Å². The van der Waals surface area contributed by atoms with Gasteiger partial charge in [-0.25, -0.2) is 0 Å². The fraction of sp³-hybridized carbons (Fsp3) is 0.500. The lowest BCUT2D eigenvalue weighted by molar-refractivity contribution is 0.608. The Morgan fingerprint density at radius 2 is 1.94 bits per heavy atom. The second kappa shape index (κ2) is 5.15. The van der Waals surface area contributed by atoms with Crippen molar-refractivity contribution in [2.75, 3.05) is 7.05 Å². The maximum Gasteiger partial charge on any atom is 0.0485 e. The van der Waals surface area contributed by atoms with Crippen LogP contribution in [0.3, 0.4) is 0 Å². The molecule has 2 rings (SSSR count). The standard InChI is InChI=1S/C16H24N2/c1-11(2)18-10-12(3)15-9-14(6-7-16(15)18)8-13(4)17-5/h6-7,9-11,13,17H,8H2,1-5H3. The van der Waals surface area contributed by atoms with Gasteiger partial charge in [0.2, 0.25) is 0 Å². The van der Waals surface area contributed by atoms with E-state index in [0.29, 0.717) is 12.1 Å². The molecule has 0 spiro atoms. The first-order valence-electron chi connectivity index (χ1n) is 6.80. The highest BCUT2D eigenvalue weighted by atomic mass is 15.0. The molecule has 1 unspecified atom stereocenters. The lowest BCUT2D eigenvalue weighted by atomic mass is 10.0. The minimum Gasteiger partial charge on any atom is -0.345 e. The monoisotopic (exact) mass is 244 g/mol. The van der Waals surface area contributed by atoms with E-state index in [1.807, 2.05) is 7.05 Å². The van der Waals surface area contributed by atoms with Gasteiger partial charge < -0.3 is 9.88 Å². The maximum atomic E-state index is 3.29. The van der Waals surface area contributed by atoms with Crippen LogP contribution in [0.2, 0.25) is 0 Å². The zero-order chi connectivity index (χ0) is 13.3. The molecule has 0 bridgehead atoms. The highest BCUT2D eigenvalue weighted by molar-refractivity contribution is 5.84. The molecule has 0 aliphatic heterocycles. The number of aryl methyl sites for hydroxylation is 1. The van der Waals surface area contributed by atoms with Crippen molar-refractivity contribution in [1.82, 2.24) is 9.88 Å². The summed E-state index contributed by atoms with van der Waals surface area (Å²) in [5.74, 6) is 0. The number of benzene rings is 1. The van der Waals surface area contributed by atoms with E-state index < -0.39 is 0 Å². The zero-order valence-electron chi connectivity index (χ0n) is 12.1. The smallest absolute Gasteiger partial charge is 0.0485 e. The van der Waals surface area contributed by atoms with Crippen molar-refractivity contribution in [1.29, 1.82) is 0 Å². The summed E-state index contributed by atoms with van der Waals surface area (Å²) in [5.41, 5.74) is 4.13. The van der Waals surface area contributed by atoms with Crippen LogP contribution in [-0.4, -0.2) is 17.7 Å². The first kappa shape index (κ1) is 13.2. The molecular weight excluding hydrogens is 220 g/mol. The van der Waals surface area contributed by atoms with Crippen molar-refractivity contribution >= 4 is 10.9 Å². The molecule has 0 fully saturated rings. The van der Waals surface area contributed by atoms with Crippen molar-refractivity contribution in [3.63, 3.8) is 0 Å². The van der Waals surface area contributed by atoms with Crippen LogP contribution in [0.4, 0.5) is 0 Å². The van der Waals surface area contributed by atoms with Gasteiger partial charge in [0.05, 0.1) is 0 Å². The molecule has 1 atom stereocenters. The summed E-state index contributed by atoms with van der Waals surface area (Å²) in [5, 5.41) is 4.69. The van der Waals surface area contributed by atoms with E-state index in [1.54, 1.807) is 0 Å².